The molecule has 1 aromatic carbocycles. The Bertz CT molecular complexity index is 883. The number of nitrogens with zero attached hydrogens (tertiary/aromatic N) is 2. The molecular weight excluding hydrogens is 360 g/mol. The minimum atomic E-state index is -3.34. The molecule has 1 unspecified atom stereocenters. The predicted molar refractivity (Wildman–Crippen MR) is 94.5 cm³/mol. The molecule has 0 aliphatic carbocycles. The van der Waals surface area contributed by atoms with Crippen LogP contribution in [0.15, 0.2) is 18.2 Å². The van der Waals surface area contributed by atoms with Crippen LogP contribution in [0.2, 0.25) is 0 Å². The van der Waals surface area contributed by atoms with E-state index in [1.54, 1.807) is 6.07 Å². The number of nitrogens with one attached hydrogen (secondary N) is 2. The van der Waals surface area contributed by atoms with Gasteiger partial charge in [-0.2, -0.15) is 0 Å². The summed E-state index contributed by atoms with van der Waals surface area (Å²) in [5, 5.41) is 2.70. The monoisotopic (exact) mass is 380 g/mol. The number of sulfonamides is 1. The van der Waals surface area contributed by atoms with Crippen molar-refractivity contribution in [2.45, 2.75) is 18.9 Å². The Balaban J connectivity index is 1.69. The quantitative estimate of drug-likeness (QED) is 0.739. The van der Waals surface area contributed by atoms with Crippen molar-refractivity contribution in [3.8, 4) is 0 Å². The van der Waals surface area contributed by atoms with Gasteiger partial charge >= 0.3 is 6.03 Å². The van der Waals surface area contributed by atoms with Crippen molar-refractivity contribution in [3.63, 3.8) is 0 Å². The largest absolute Gasteiger partial charge is 0.323 e. The van der Waals surface area contributed by atoms with E-state index in [4.69, 9.17) is 0 Å². The van der Waals surface area contributed by atoms with Gasteiger partial charge in [0, 0.05) is 31.9 Å². The van der Waals surface area contributed by atoms with Crippen LogP contribution < -0.4 is 10.0 Å². The molecule has 0 saturated carbocycles. The number of hydrogen-bond acceptors (Lipinski definition) is 5. The number of rotatable bonds is 3. The molecule has 1 saturated heterocycles. The van der Waals surface area contributed by atoms with Crippen molar-refractivity contribution in [2.75, 3.05) is 31.7 Å². The molecule has 2 aliphatic rings. The van der Waals surface area contributed by atoms with Gasteiger partial charge in [0.2, 0.25) is 10.0 Å². The zero-order valence-electron chi connectivity index (χ0n) is 14.5. The van der Waals surface area contributed by atoms with Crippen LogP contribution in [0, 0.1) is 0 Å². The maximum Gasteiger partial charge on any atom is 0.321 e. The standard InChI is InChI=1S/C16H20N4O5S/c1-19-14(21)12-6-5-10(8-13(12)15(19)22)17-16(23)20-7-3-4-11(9-20)18-26(2,24)25/h5-6,8,11,18H,3-4,7,9H2,1-2H3,(H,17,23). The molecule has 0 radical (unpaired) electrons. The lowest BCUT2D eigenvalue weighted by Crippen LogP contribution is -2.50. The van der Waals surface area contributed by atoms with Crippen LogP contribution in [0.5, 0.6) is 0 Å². The summed E-state index contributed by atoms with van der Waals surface area (Å²) >= 11 is 0. The maximum absolute atomic E-state index is 12.5. The van der Waals surface area contributed by atoms with E-state index in [1.807, 2.05) is 0 Å². The van der Waals surface area contributed by atoms with Crippen molar-refractivity contribution in [1.29, 1.82) is 0 Å². The fourth-order valence-corrected chi connectivity index (χ4v) is 4.00. The molecule has 0 bridgehead atoms. The summed E-state index contributed by atoms with van der Waals surface area (Å²) in [4.78, 5) is 39.0. The normalized spacial score (nSPS) is 20.3. The fraction of sp³-hybridized carbons (Fsp3) is 0.438. The molecule has 1 aromatic rings. The first-order valence-corrected chi connectivity index (χ1v) is 10.0. The van der Waals surface area contributed by atoms with Crippen LogP contribution in [0.1, 0.15) is 33.6 Å². The second-order valence-corrected chi connectivity index (χ2v) is 8.32. The number of likely N-dealkylation sites (tertiary alicyclic amines) is 1. The highest BCUT2D eigenvalue weighted by Crippen LogP contribution is 2.25. The van der Waals surface area contributed by atoms with E-state index in [9.17, 15) is 22.8 Å². The van der Waals surface area contributed by atoms with Gasteiger partial charge in [0.25, 0.3) is 11.8 Å². The Labute approximate surface area is 151 Å². The van der Waals surface area contributed by atoms with Crippen molar-refractivity contribution >= 4 is 33.6 Å². The number of anilines is 1. The lowest BCUT2D eigenvalue weighted by Gasteiger charge is -2.32. The SMILES string of the molecule is CN1C(=O)c2ccc(NC(=O)N3CCCC(NS(C)(=O)=O)C3)cc2C1=O. The molecule has 2 heterocycles. The van der Waals surface area contributed by atoms with Crippen molar-refractivity contribution in [2.24, 2.45) is 0 Å². The molecule has 3 rings (SSSR count). The first-order chi connectivity index (χ1) is 12.2. The van der Waals surface area contributed by atoms with Gasteiger partial charge in [-0.15, -0.1) is 0 Å². The summed E-state index contributed by atoms with van der Waals surface area (Å²) in [5.41, 5.74) is 0.972. The van der Waals surface area contributed by atoms with Crippen LogP contribution >= 0.6 is 0 Å². The Morgan fingerprint density at radius 3 is 2.58 bits per heavy atom. The Hall–Kier alpha value is -2.46. The van der Waals surface area contributed by atoms with Gasteiger partial charge in [0.05, 0.1) is 17.4 Å². The van der Waals surface area contributed by atoms with Gasteiger partial charge in [-0.25, -0.2) is 17.9 Å². The minimum absolute atomic E-state index is 0.255. The van der Waals surface area contributed by atoms with E-state index in [0.717, 1.165) is 11.2 Å². The summed E-state index contributed by atoms with van der Waals surface area (Å²) in [5.74, 6) is -0.773. The molecule has 2 aliphatic heterocycles. The summed E-state index contributed by atoms with van der Waals surface area (Å²) in [6.45, 7) is 0.781. The number of fused-ring (bicyclic) bond motifs is 1. The molecule has 0 aromatic heterocycles. The summed E-state index contributed by atoms with van der Waals surface area (Å²) < 4.78 is 25.3. The minimum Gasteiger partial charge on any atom is -0.323 e. The van der Waals surface area contributed by atoms with Crippen LogP contribution in [0.3, 0.4) is 0 Å². The molecule has 9 nitrogen and oxygen atoms in total. The third-order valence-electron chi connectivity index (χ3n) is 4.43. The first kappa shape index (κ1) is 18.3. The molecule has 10 heteroatoms. The number of urea groups is 1. The van der Waals surface area contributed by atoms with E-state index < -0.39 is 15.9 Å². The zero-order chi connectivity index (χ0) is 19.1. The molecule has 1 atom stereocenters. The first-order valence-electron chi connectivity index (χ1n) is 8.15. The lowest BCUT2D eigenvalue weighted by molar-refractivity contribution is 0.0693. The van der Waals surface area contributed by atoms with Gasteiger partial charge in [0.15, 0.2) is 0 Å². The molecule has 2 N–H and O–H groups in total. The van der Waals surface area contributed by atoms with Crippen LogP contribution in [0.4, 0.5) is 10.5 Å². The average molecular weight is 380 g/mol. The molecule has 1 fully saturated rings. The number of hydrogen-bond donors (Lipinski definition) is 2. The Kier molecular flexibility index (Phi) is 4.72. The van der Waals surface area contributed by atoms with Crippen molar-refractivity contribution in [1.82, 2.24) is 14.5 Å². The van der Waals surface area contributed by atoms with E-state index in [-0.39, 0.29) is 30.1 Å². The predicted octanol–water partition coefficient (Wildman–Crippen LogP) is 0.458. The van der Waals surface area contributed by atoms with Gasteiger partial charge in [-0.1, -0.05) is 0 Å². The van der Waals surface area contributed by atoms with Crippen molar-refractivity contribution in [3.05, 3.63) is 29.3 Å². The van der Waals surface area contributed by atoms with Crippen LogP contribution in [0.25, 0.3) is 0 Å². The summed E-state index contributed by atoms with van der Waals surface area (Å²) in [6.07, 6.45) is 2.44. The van der Waals surface area contributed by atoms with E-state index in [0.29, 0.717) is 30.6 Å². The second kappa shape index (κ2) is 6.69. The van der Waals surface area contributed by atoms with E-state index in [2.05, 4.69) is 10.0 Å². The lowest BCUT2D eigenvalue weighted by atomic mass is 10.1. The van der Waals surface area contributed by atoms with Crippen molar-refractivity contribution < 1.29 is 22.8 Å². The third-order valence-corrected chi connectivity index (χ3v) is 5.19. The number of carbonyl (C=O) groups excluding carboxylic acids is 3. The van der Waals surface area contributed by atoms with E-state index >= 15 is 0 Å². The number of amides is 4. The average Bonchev–Trinajstić information content (AvgIpc) is 2.78. The van der Waals surface area contributed by atoms with Gasteiger partial charge in [-0.05, 0) is 31.0 Å². The number of benzene rings is 1. The molecule has 4 amide bonds. The molecule has 26 heavy (non-hydrogen) atoms. The highest BCUT2D eigenvalue weighted by atomic mass is 32.2. The molecular formula is C16H20N4O5S. The molecule has 140 valence electrons. The van der Waals surface area contributed by atoms with Gasteiger partial charge in [0.1, 0.15) is 0 Å². The Morgan fingerprint density at radius 2 is 1.88 bits per heavy atom. The van der Waals surface area contributed by atoms with Gasteiger partial charge in [-0.3, -0.25) is 14.5 Å². The third kappa shape index (κ3) is 3.70. The summed E-state index contributed by atoms with van der Waals surface area (Å²) in [7, 11) is -1.93. The molecule has 0 spiro atoms. The van der Waals surface area contributed by atoms with Crippen LogP contribution in [-0.2, 0) is 10.0 Å². The smallest absolute Gasteiger partial charge is 0.321 e. The van der Waals surface area contributed by atoms with E-state index in [1.165, 1.54) is 24.1 Å². The van der Waals surface area contributed by atoms with Crippen LogP contribution in [-0.4, -0.2) is 68.5 Å². The topological polar surface area (TPSA) is 116 Å². The van der Waals surface area contributed by atoms with Gasteiger partial charge < -0.3 is 10.2 Å². The summed E-state index contributed by atoms with van der Waals surface area (Å²) in [6, 6.07) is 3.86. The number of imide groups is 1. The highest BCUT2D eigenvalue weighted by Gasteiger charge is 2.33. The Morgan fingerprint density at radius 1 is 1.19 bits per heavy atom. The highest BCUT2D eigenvalue weighted by molar-refractivity contribution is 7.88. The number of carbonyl (C=O) groups is 3. The maximum atomic E-state index is 12.5. The second-order valence-electron chi connectivity index (χ2n) is 6.54. The number of piperidine rings is 1. The fourth-order valence-electron chi connectivity index (χ4n) is 3.20. The zero-order valence-corrected chi connectivity index (χ0v) is 15.3.